The van der Waals surface area contributed by atoms with E-state index in [1.54, 1.807) is 6.08 Å². The van der Waals surface area contributed by atoms with Gasteiger partial charge in [0, 0.05) is 24.7 Å². The predicted molar refractivity (Wildman–Crippen MR) is 136 cm³/mol. The number of amides is 1. The molecule has 0 radical (unpaired) electrons. The van der Waals surface area contributed by atoms with E-state index >= 15 is 0 Å². The van der Waals surface area contributed by atoms with Gasteiger partial charge >= 0.3 is 0 Å². The molecule has 3 aliphatic heterocycles. The van der Waals surface area contributed by atoms with Crippen LogP contribution in [0.3, 0.4) is 0 Å². The van der Waals surface area contributed by atoms with E-state index in [4.69, 9.17) is 9.84 Å². The van der Waals surface area contributed by atoms with Gasteiger partial charge in [-0.05, 0) is 70.9 Å². The van der Waals surface area contributed by atoms with Crippen molar-refractivity contribution in [3.63, 3.8) is 0 Å². The molecule has 2 atom stereocenters. The van der Waals surface area contributed by atoms with Crippen LogP contribution in [0.15, 0.2) is 58.3 Å². The molecule has 0 aliphatic carbocycles. The van der Waals surface area contributed by atoms with Crippen molar-refractivity contribution in [3.05, 3.63) is 70.2 Å². The number of halogens is 3. The number of allylic oxidation sites excluding steroid dienone is 2. The number of carbonyl (C=O) groups is 1. The Labute approximate surface area is 215 Å². The maximum atomic E-state index is 15.0. The maximum Gasteiger partial charge on any atom is 0.298 e. The molecule has 6 nitrogen and oxygen atoms in total. The summed E-state index contributed by atoms with van der Waals surface area (Å²) in [4.78, 5) is 20.1. The summed E-state index contributed by atoms with van der Waals surface area (Å²) in [7, 11) is 0. The molecule has 0 spiro atoms. The lowest BCUT2D eigenvalue weighted by molar-refractivity contribution is -0.117. The molecule has 0 fully saturated rings. The number of aliphatic hydroxyl groups is 1. The van der Waals surface area contributed by atoms with E-state index in [1.807, 2.05) is 45.7 Å². The Morgan fingerprint density at radius 1 is 1.32 bits per heavy atom. The van der Waals surface area contributed by atoms with Gasteiger partial charge in [-0.15, -0.1) is 0 Å². The SMILES string of the molecule is C[C@@H]1CN2C=C(C3=CC(C)(C)OC(C)(C)C3)C=C(C(=O)N[C@H](C)c3cccc(C(F)(F)CO)c3F)C2=N1. The average molecular weight is 518 g/mol. The molecule has 37 heavy (non-hydrogen) atoms. The van der Waals surface area contributed by atoms with Crippen LogP contribution in [0, 0.1) is 5.82 Å². The highest BCUT2D eigenvalue weighted by molar-refractivity contribution is 6.22. The van der Waals surface area contributed by atoms with Crippen molar-refractivity contribution < 1.29 is 27.8 Å². The topological polar surface area (TPSA) is 74.2 Å². The normalized spacial score (nSPS) is 23.4. The summed E-state index contributed by atoms with van der Waals surface area (Å²) in [6.45, 7) is 10.6. The lowest BCUT2D eigenvalue weighted by Gasteiger charge is -2.41. The van der Waals surface area contributed by atoms with E-state index in [-0.39, 0.29) is 11.6 Å². The number of benzene rings is 1. The third-order valence-corrected chi connectivity index (χ3v) is 6.64. The maximum absolute atomic E-state index is 15.0. The molecule has 2 N–H and O–H groups in total. The number of nitrogens with one attached hydrogen (secondary N) is 1. The average Bonchev–Trinajstić information content (AvgIpc) is 3.16. The second-order valence-corrected chi connectivity index (χ2v) is 11.2. The van der Waals surface area contributed by atoms with Crippen LogP contribution in [0.25, 0.3) is 0 Å². The van der Waals surface area contributed by atoms with E-state index < -0.39 is 47.1 Å². The van der Waals surface area contributed by atoms with Crippen LogP contribution in [-0.2, 0) is 15.5 Å². The van der Waals surface area contributed by atoms with Crippen LogP contribution in [0.5, 0.6) is 0 Å². The van der Waals surface area contributed by atoms with Crippen LogP contribution < -0.4 is 5.32 Å². The van der Waals surface area contributed by atoms with Crippen LogP contribution in [0.2, 0.25) is 0 Å². The molecule has 1 amide bonds. The first kappa shape index (κ1) is 27.1. The molecule has 4 rings (SSSR count). The third-order valence-electron chi connectivity index (χ3n) is 6.64. The zero-order valence-electron chi connectivity index (χ0n) is 22.0. The van der Waals surface area contributed by atoms with Crippen molar-refractivity contribution in [1.82, 2.24) is 10.2 Å². The minimum atomic E-state index is -3.73. The van der Waals surface area contributed by atoms with Crippen molar-refractivity contribution in [2.45, 2.75) is 77.2 Å². The molecule has 0 unspecified atom stereocenters. The Hall–Kier alpha value is -2.91. The van der Waals surface area contributed by atoms with Gasteiger partial charge in [-0.25, -0.2) is 4.39 Å². The van der Waals surface area contributed by atoms with Crippen molar-refractivity contribution in [3.8, 4) is 0 Å². The second kappa shape index (κ2) is 9.44. The number of carbonyl (C=O) groups excluding carboxylic acids is 1. The predicted octanol–water partition coefficient (Wildman–Crippen LogP) is 4.92. The smallest absolute Gasteiger partial charge is 0.298 e. The number of aliphatic imine (C=N–C) groups is 1. The number of rotatable bonds is 6. The van der Waals surface area contributed by atoms with Gasteiger partial charge in [0.1, 0.15) is 18.3 Å². The Morgan fingerprint density at radius 2 is 2.03 bits per heavy atom. The molecule has 3 heterocycles. The van der Waals surface area contributed by atoms with E-state index in [0.29, 0.717) is 24.4 Å². The van der Waals surface area contributed by atoms with Gasteiger partial charge in [0.2, 0.25) is 0 Å². The molecule has 1 aromatic carbocycles. The molecule has 9 heteroatoms. The molecule has 0 saturated carbocycles. The first-order valence-corrected chi connectivity index (χ1v) is 12.4. The fourth-order valence-corrected chi connectivity index (χ4v) is 5.30. The number of nitrogens with zero attached hydrogens (tertiary/aromatic N) is 2. The minimum Gasteiger partial charge on any atom is -0.390 e. The summed E-state index contributed by atoms with van der Waals surface area (Å²) in [5.74, 6) is -4.85. The standard InChI is InChI=1S/C28H34F3N3O3/c1-16-13-34-14-18(19-11-26(3,4)37-27(5,6)12-19)10-21(24(34)32-16)25(36)33-17(2)20-8-7-9-22(23(20)29)28(30,31)15-35/h7-11,14,16-17,35H,12-13,15H2,1-6H3,(H,33,36)/t16-,17-/m1/s1. The molecule has 3 aliphatic rings. The van der Waals surface area contributed by atoms with Crippen LogP contribution in [-0.4, -0.2) is 52.1 Å². The van der Waals surface area contributed by atoms with Gasteiger partial charge in [0.05, 0.1) is 34.4 Å². The largest absolute Gasteiger partial charge is 0.390 e. The summed E-state index contributed by atoms with van der Waals surface area (Å²) >= 11 is 0. The lowest BCUT2D eigenvalue weighted by atomic mass is 9.84. The number of hydrogen-bond donors (Lipinski definition) is 2. The van der Waals surface area contributed by atoms with Crippen LogP contribution >= 0.6 is 0 Å². The van der Waals surface area contributed by atoms with Gasteiger partial charge in [-0.2, -0.15) is 8.78 Å². The molecule has 0 saturated heterocycles. The van der Waals surface area contributed by atoms with E-state index in [9.17, 15) is 18.0 Å². The highest BCUT2D eigenvalue weighted by Crippen LogP contribution is 2.39. The summed E-state index contributed by atoms with van der Waals surface area (Å²) in [6.07, 6.45) is 6.48. The van der Waals surface area contributed by atoms with E-state index in [1.165, 1.54) is 19.1 Å². The Kier molecular flexibility index (Phi) is 6.92. The van der Waals surface area contributed by atoms with E-state index in [0.717, 1.165) is 17.2 Å². The fourth-order valence-electron chi connectivity index (χ4n) is 5.30. The first-order valence-electron chi connectivity index (χ1n) is 12.4. The molecule has 0 aromatic heterocycles. The fraction of sp³-hybridized carbons (Fsp3) is 0.500. The third kappa shape index (κ3) is 5.52. The number of fused-ring (bicyclic) bond motifs is 1. The lowest BCUT2D eigenvalue weighted by Crippen LogP contribution is -2.41. The van der Waals surface area contributed by atoms with Crippen LogP contribution in [0.4, 0.5) is 13.2 Å². The zero-order chi connectivity index (χ0) is 27.3. The molecule has 200 valence electrons. The van der Waals surface area contributed by atoms with Crippen molar-refractivity contribution in [2.24, 2.45) is 4.99 Å². The number of aliphatic hydroxyl groups excluding tert-OH is 1. The summed E-state index contributed by atoms with van der Waals surface area (Å²) in [5, 5.41) is 11.7. The van der Waals surface area contributed by atoms with Crippen LogP contribution in [0.1, 0.15) is 65.1 Å². The van der Waals surface area contributed by atoms with Gasteiger partial charge in [-0.1, -0.05) is 12.1 Å². The highest BCUT2D eigenvalue weighted by Gasteiger charge is 2.38. The van der Waals surface area contributed by atoms with Crippen molar-refractivity contribution >= 4 is 11.7 Å². The molecule has 0 bridgehead atoms. The summed E-state index contributed by atoms with van der Waals surface area (Å²) < 4.78 is 49.2. The van der Waals surface area contributed by atoms with Gasteiger partial charge in [0.25, 0.3) is 11.8 Å². The number of alkyl halides is 2. The van der Waals surface area contributed by atoms with Gasteiger partial charge in [0.15, 0.2) is 0 Å². The highest BCUT2D eigenvalue weighted by atomic mass is 19.3. The summed E-state index contributed by atoms with van der Waals surface area (Å²) in [5.41, 5.74) is 0.343. The quantitative estimate of drug-likeness (QED) is 0.562. The first-order chi connectivity index (χ1) is 17.1. The monoisotopic (exact) mass is 517 g/mol. The van der Waals surface area contributed by atoms with E-state index in [2.05, 4.69) is 16.4 Å². The zero-order valence-corrected chi connectivity index (χ0v) is 22.0. The Balaban J connectivity index is 1.66. The Morgan fingerprint density at radius 3 is 2.68 bits per heavy atom. The Bertz CT molecular complexity index is 1230. The van der Waals surface area contributed by atoms with Crippen molar-refractivity contribution in [1.29, 1.82) is 0 Å². The molecular weight excluding hydrogens is 483 g/mol. The number of ether oxygens (including phenoxy) is 1. The minimum absolute atomic E-state index is 0.0226. The molecule has 1 aromatic rings. The summed E-state index contributed by atoms with van der Waals surface area (Å²) in [6, 6.07) is 2.63. The second-order valence-electron chi connectivity index (χ2n) is 11.2. The number of amidine groups is 1. The van der Waals surface area contributed by atoms with Gasteiger partial charge in [-0.3, -0.25) is 9.79 Å². The van der Waals surface area contributed by atoms with Gasteiger partial charge < -0.3 is 20.1 Å². The van der Waals surface area contributed by atoms with Crippen molar-refractivity contribution in [2.75, 3.05) is 13.2 Å². The number of hydrogen-bond acceptors (Lipinski definition) is 5. The molecular formula is C28H34F3N3O3.